The highest BCUT2D eigenvalue weighted by Crippen LogP contribution is 2.47. The summed E-state index contributed by atoms with van der Waals surface area (Å²) in [7, 11) is 3.20. The van der Waals surface area contributed by atoms with Crippen molar-refractivity contribution in [3.05, 3.63) is 76.8 Å². The molecule has 0 bridgehead atoms. The summed E-state index contributed by atoms with van der Waals surface area (Å²) >= 11 is 0. The number of aryl methyl sites for hydroxylation is 1. The Kier molecular flexibility index (Phi) is 5.54. The van der Waals surface area contributed by atoms with E-state index >= 15 is 0 Å². The number of nitrogens with two attached hydrogens (primary N) is 1. The molecule has 0 spiro atoms. The number of hydrogen-bond donors (Lipinski definition) is 1. The van der Waals surface area contributed by atoms with Crippen LogP contribution in [-0.4, -0.2) is 24.0 Å². The largest absolute Gasteiger partial charge is 0.497 e. The van der Waals surface area contributed by atoms with Crippen molar-refractivity contribution in [2.45, 2.75) is 25.7 Å². The van der Waals surface area contributed by atoms with Crippen LogP contribution < -0.4 is 19.9 Å². The highest BCUT2D eigenvalue weighted by Gasteiger charge is 2.38. The van der Waals surface area contributed by atoms with Crippen LogP contribution in [0, 0.1) is 11.3 Å². The average Bonchev–Trinajstić information content (AvgIpc) is 3.16. The number of nitriles is 1. The quantitative estimate of drug-likeness (QED) is 0.651. The van der Waals surface area contributed by atoms with Crippen molar-refractivity contribution in [3.63, 3.8) is 0 Å². The fraction of sp³-hybridized carbons (Fsp3) is 0.250. The Morgan fingerprint density at radius 3 is 2.58 bits per heavy atom. The van der Waals surface area contributed by atoms with E-state index in [1.165, 1.54) is 0 Å². The van der Waals surface area contributed by atoms with E-state index in [4.69, 9.17) is 25.0 Å². The van der Waals surface area contributed by atoms with E-state index in [-0.39, 0.29) is 5.88 Å². The summed E-state index contributed by atoms with van der Waals surface area (Å²) < 4.78 is 18.7. The topological polar surface area (TPSA) is 95.3 Å². The third-order valence-corrected chi connectivity index (χ3v) is 5.36. The van der Waals surface area contributed by atoms with Crippen molar-refractivity contribution in [2.24, 2.45) is 5.73 Å². The van der Waals surface area contributed by atoms with Crippen molar-refractivity contribution in [3.8, 4) is 29.1 Å². The van der Waals surface area contributed by atoms with Gasteiger partial charge in [-0.2, -0.15) is 10.4 Å². The number of para-hydroxylation sites is 1. The lowest BCUT2D eigenvalue weighted by Gasteiger charge is -2.26. The van der Waals surface area contributed by atoms with E-state index in [2.05, 4.69) is 13.0 Å². The SMILES string of the molecule is CCCc1nn(-c2ccccc2)c2c1[C@H](c1ccc(OC)cc1OC)C(C#N)=C(N)O2. The molecule has 0 aliphatic carbocycles. The highest BCUT2D eigenvalue weighted by atomic mass is 16.5. The molecule has 7 nitrogen and oxygen atoms in total. The van der Waals surface area contributed by atoms with E-state index in [0.717, 1.165) is 35.3 Å². The predicted molar refractivity (Wildman–Crippen MR) is 116 cm³/mol. The second kappa shape index (κ2) is 8.44. The minimum absolute atomic E-state index is 0.0676. The summed E-state index contributed by atoms with van der Waals surface area (Å²) in [6.07, 6.45) is 1.63. The first-order valence-corrected chi connectivity index (χ1v) is 10.1. The number of ether oxygens (including phenoxy) is 3. The first-order chi connectivity index (χ1) is 15.1. The fourth-order valence-corrected chi connectivity index (χ4v) is 3.94. The van der Waals surface area contributed by atoms with E-state index in [9.17, 15) is 5.26 Å². The number of aromatic nitrogens is 2. The molecule has 3 aromatic rings. The molecule has 31 heavy (non-hydrogen) atoms. The minimum atomic E-state index is -0.464. The molecule has 7 heteroatoms. The van der Waals surface area contributed by atoms with Crippen LogP contribution in [0.4, 0.5) is 0 Å². The molecule has 0 saturated carbocycles. The van der Waals surface area contributed by atoms with Gasteiger partial charge in [0.1, 0.15) is 23.1 Å². The molecule has 158 valence electrons. The molecule has 0 fully saturated rings. The number of benzene rings is 2. The predicted octanol–water partition coefficient (Wildman–Crippen LogP) is 4.06. The van der Waals surface area contributed by atoms with Gasteiger partial charge in [0.25, 0.3) is 0 Å². The average molecular weight is 416 g/mol. The van der Waals surface area contributed by atoms with Crippen LogP contribution in [0.15, 0.2) is 60.0 Å². The van der Waals surface area contributed by atoms with Crippen LogP contribution in [0.2, 0.25) is 0 Å². The Hall–Kier alpha value is -3.92. The summed E-state index contributed by atoms with van der Waals surface area (Å²) in [6.45, 7) is 2.09. The molecule has 0 saturated heterocycles. The summed E-state index contributed by atoms with van der Waals surface area (Å²) in [5.41, 5.74) is 9.93. The summed E-state index contributed by atoms with van der Waals surface area (Å²) in [5, 5.41) is 14.8. The van der Waals surface area contributed by atoms with Crippen LogP contribution in [0.1, 0.15) is 36.1 Å². The normalized spacial score (nSPS) is 15.1. The molecule has 1 atom stereocenters. The minimum Gasteiger partial charge on any atom is -0.497 e. The van der Waals surface area contributed by atoms with Gasteiger partial charge in [0.15, 0.2) is 0 Å². The Labute approximate surface area is 181 Å². The van der Waals surface area contributed by atoms with E-state index < -0.39 is 5.92 Å². The van der Waals surface area contributed by atoms with Gasteiger partial charge >= 0.3 is 0 Å². The number of methoxy groups -OCH3 is 2. The smallest absolute Gasteiger partial charge is 0.229 e. The van der Waals surface area contributed by atoms with Crippen molar-refractivity contribution < 1.29 is 14.2 Å². The number of hydrogen-bond acceptors (Lipinski definition) is 6. The third kappa shape index (κ3) is 3.46. The van der Waals surface area contributed by atoms with Crippen molar-refractivity contribution in [1.82, 2.24) is 9.78 Å². The zero-order valence-corrected chi connectivity index (χ0v) is 17.8. The van der Waals surface area contributed by atoms with E-state index in [1.807, 2.05) is 42.5 Å². The number of rotatable bonds is 6. The monoisotopic (exact) mass is 416 g/mol. The van der Waals surface area contributed by atoms with Crippen LogP contribution >= 0.6 is 0 Å². The van der Waals surface area contributed by atoms with Crippen molar-refractivity contribution >= 4 is 0 Å². The standard InChI is InChI=1S/C24H24N4O3/c1-4-8-19-22-21(17-12-11-16(29-2)13-20(17)30-3)18(14-25)23(26)31-24(22)28(27-19)15-9-6-5-7-10-15/h5-7,9-13,21H,4,8,26H2,1-3H3/t21-/m1/s1. The Morgan fingerprint density at radius 2 is 1.94 bits per heavy atom. The van der Waals surface area contributed by atoms with Gasteiger partial charge in [-0.1, -0.05) is 37.6 Å². The Morgan fingerprint density at radius 1 is 1.16 bits per heavy atom. The highest BCUT2D eigenvalue weighted by molar-refractivity contribution is 5.60. The van der Waals surface area contributed by atoms with Crippen molar-refractivity contribution in [2.75, 3.05) is 14.2 Å². The molecular formula is C24H24N4O3. The van der Waals surface area contributed by atoms with Gasteiger partial charge in [-0.05, 0) is 24.6 Å². The molecule has 2 aromatic carbocycles. The molecule has 2 heterocycles. The maximum Gasteiger partial charge on any atom is 0.229 e. The third-order valence-electron chi connectivity index (χ3n) is 5.36. The van der Waals surface area contributed by atoms with Gasteiger partial charge in [0, 0.05) is 11.6 Å². The van der Waals surface area contributed by atoms with Crippen LogP contribution in [0.25, 0.3) is 5.69 Å². The van der Waals surface area contributed by atoms with Gasteiger partial charge < -0.3 is 19.9 Å². The van der Waals surface area contributed by atoms with E-state index in [1.54, 1.807) is 25.0 Å². The van der Waals surface area contributed by atoms with Crippen molar-refractivity contribution in [1.29, 1.82) is 5.26 Å². The molecule has 1 aliphatic rings. The first-order valence-electron chi connectivity index (χ1n) is 10.1. The van der Waals surface area contributed by atoms with Crippen LogP contribution in [0.5, 0.6) is 17.4 Å². The van der Waals surface area contributed by atoms with E-state index in [0.29, 0.717) is 23.0 Å². The lowest BCUT2D eigenvalue weighted by atomic mass is 9.83. The summed E-state index contributed by atoms with van der Waals surface area (Å²) in [4.78, 5) is 0. The maximum absolute atomic E-state index is 9.97. The van der Waals surface area contributed by atoms with Crippen LogP contribution in [-0.2, 0) is 6.42 Å². The molecule has 4 rings (SSSR count). The zero-order valence-electron chi connectivity index (χ0n) is 17.8. The van der Waals surface area contributed by atoms with Gasteiger partial charge in [-0.25, -0.2) is 4.68 Å². The molecule has 0 unspecified atom stereocenters. The fourth-order valence-electron chi connectivity index (χ4n) is 3.94. The lowest BCUT2D eigenvalue weighted by Crippen LogP contribution is -2.22. The zero-order chi connectivity index (χ0) is 22.0. The first kappa shape index (κ1) is 20.4. The van der Waals surface area contributed by atoms with Gasteiger partial charge in [0.2, 0.25) is 11.8 Å². The molecule has 1 aromatic heterocycles. The van der Waals surface area contributed by atoms with Gasteiger partial charge in [-0.3, -0.25) is 0 Å². The maximum atomic E-state index is 9.97. The molecule has 1 aliphatic heterocycles. The molecule has 2 N–H and O–H groups in total. The Bertz CT molecular complexity index is 1180. The summed E-state index contributed by atoms with van der Waals surface area (Å²) in [6, 6.07) is 17.5. The van der Waals surface area contributed by atoms with Crippen LogP contribution in [0.3, 0.4) is 0 Å². The number of nitrogens with zero attached hydrogens (tertiary/aromatic N) is 3. The molecule has 0 amide bonds. The number of allylic oxidation sites excluding steroid dienone is 1. The number of fused-ring (bicyclic) bond motifs is 1. The second-order valence-electron chi connectivity index (χ2n) is 7.20. The Balaban J connectivity index is 2.00. The summed E-state index contributed by atoms with van der Waals surface area (Å²) in [5.74, 6) is 1.39. The molecular weight excluding hydrogens is 392 g/mol. The molecule has 0 radical (unpaired) electrons. The van der Waals surface area contributed by atoms with Gasteiger partial charge in [0.05, 0.1) is 37.1 Å². The van der Waals surface area contributed by atoms with Gasteiger partial charge in [-0.15, -0.1) is 0 Å². The lowest BCUT2D eigenvalue weighted by molar-refractivity contribution is 0.363. The second-order valence-corrected chi connectivity index (χ2v) is 7.20.